The smallest absolute Gasteiger partial charge is 0.275 e. The Bertz CT molecular complexity index is 1070. The van der Waals surface area contributed by atoms with E-state index >= 15 is 0 Å². The lowest BCUT2D eigenvalue weighted by molar-refractivity contribution is -0.114. The van der Waals surface area contributed by atoms with Crippen LogP contribution in [-0.2, 0) is 4.79 Å². The summed E-state index contributed by atoms with van der Waals surface area (Å²) in [6.07, 6.45) is 0. The van der Waals surface area contributed by atoms with Gasteiger partial charge in [0.1, 0.15) is 10.7 Å². The van der Waals surface area contributed by atoms with Crippen molar-refractivity contribution >= 4 is 46.1 Å². The molecule has 9 heteroatoms. The van der Waals surface area contributed by atoms with Crippen molar-refractivity contribution in [1.82, 2.24) is 4.98 Å². The Hall–Kier alpha value is -3.10. The number of thiazole rings is 1. The van der Waals surface area contributed by atoms with Crippen molar-refractivity contribution in [2.75, 3.05) is 24.9 Å². The van der Waals surface area contributed by atoms with E-state index in [2.05, 4.69) is 15.6 Å². The van der Waals surface area contributed by atoms with Gasteiger partial charge in [0.25, 0.3) is 5.91 Å². The first-order chi connectivity index (χ1) is 13.9. The molecular formula is C20H18ClN3O4S. The first-order valence-electron chi connectivity index (χ1n) is 8.47. The van der Waals surface area contributed by atoms with Crippen LogP contribution in [0.15, 0.2) is 41.8 Å². The van der Waals surface area contributed by atoms with E-state index in [0.29, 0.717) is 32.9 Å². The number of ether oxygens (including phenoxy) is 2. The Labute approximate surface area is 176 Å². The van der Waals surface area contributed by atoms with Crippen LogP contribution in [0.4, 0.5) is 11.4 Å². The highest BCUT2D eigenvalue weighted by Crippen LogP contribution is 2.33. The number of nitrogens with zero attached hydrogens (tertiary/aromatic N) is 1. The third-order valence-corrected chi connectivity index (χ3v) is 5.11. The van der Waals surface area contributed by atoms with Gasteiger partial charge < -0.3 is 20.1 Å². The van der Waals surface area contributed by atoms with E-state index in [4.69, 9.17) is 21.1 Å². The van der Waals surface area contributed by atoms with Gasteiger partial charge in [0, 0.05) is 23.6 Å². The zero-order valence-corrected chi connectivity index (χ0v) is 17.5. The number of benzene rings is 2. The molecule has 3 rings (SSSR count). The third kappa shape index (κ3) is 4.85. The van der Waals surface area contributed by atoms with Gasteiger partial charge in [-0.05, 0) is 36.4 Å². The van der Waals surface area contributed by atoms with Crippen molar-refractivity contribution in [2.45, 2.75) is 6.92 Å². The lowest BCUT2D eigenvalue weighted by Gasteiger charge is -2.08. The van der Waals surface area contributed by atoms with E-state index in [9.17, 15) is 9.59 Å². The fourth-order valence-corrected chi connectivity index (χ4v) is 3.58. The molecule has 0 fully saturated rings. The third-order valence-electron chi connectivity index (χ3n) is 3.90. The van der Waals surface area contributed by atoms with Gasteiger partial charge in [0.05, 0.1) is 24.9 Å². The number of hydrogen-bond acceptors (Lipinski definition) is 6. The average Bonchev–Trinajstić information content (AvgIpc) is 3.19. The Morgan fingerprint density at radius 2 is 1.79 bits per heavy atom. The number of hydrogen-bond donors (Lipinski definition) is 2. The number of nitrogens with one attached hydrogen (secondary N) is 2. The van der Waals surface area contributed by atoms with Gasteiger partial charge >= 0.3 is 0 Å². The molecule has 0 saturated heterocycles. The van der Waals surface area contributed by atoms with Crippen molar-refractivity contribution in [3.05, 3.63) is 52.5 Å². The van der Waals surface area contributed by atoms with Gasteiger partial charge in [-0.3, -0.25) is 9.59 Å². The van der Waals surface area contributed by atoms with Crippen LogP contribution < -0.4 is 20.1 Å². The second-order valence-electron chi connectivity index (χ2n) is 5.94. The maximum atomic E-state index is 12.5. The molecule has 0 saturated carbocycles. The van der Waals surface area contributed by atoms with Crippen LogP contribution in [0.3, 0.4) is 0 Å². The highest BCUT2D eigenvalue weighted by atomic mass is 35.5. The minimum Gasteiger partial charge on any atom is -0.493 e. The zero-order chi connectivity index (χ0) is 21.0. The first kappa shape index (κ1) is 20.6. The molecular weight excluding hydrogens is 414 g/mol. The average molecular weight is 432 g/mol. The van der Waals surface area contributed by atoms with E-state index in [0.717, 1.165) is 5.56 Å². The van der Waals surface area contributed by atoms with Crippen LogP contribution >= 0.6 is 22.9 Å². The number of halogens is 1. The molecule has 0 bridgehead atoms. The number of rotatable bonds is 6. The first-order valence-corrected chi connectivity index (χ1v) is 9.73. The number of aromatic nitrogens is 1. The Morgan fingerprint density at radius 3 is 2.45 bits per heavy atom. The van der Waals surface area contributed by atoms with Gasteiger partial charge in [-0.25, -0.2) is 4.98 Å². The minimum atomic E-state index is -0.365. The fraction of sp³-hybridized carbons (Fsp3) is 0.150. The number of carbonyl (C=O) groups excluding carboxylic acids is 2. The lowest BCUT2D eigenvalue weighted by Crippen LogP contribution is -2.12. The summed E-state index contributed by atoms with van der Waals surface area (Å²) in [6.45, 7) is 1.39. The molecule has 1 heterocycles. The van der Waals surface area contributed by atoms with Gasteiger partial charge in [-0.15, -0.1) is 11.3 Å². The lowest BCUT2D eigenvalue weighted by atomic mass is 10.2. The van der Waals surface area contributed by atoms with E-state index in [1.807, 2.05) is 6.07 Å². The summed E-state index contributed by atoms with van der Waals surface area (Å²) in [7, 11) is 3.13. The summed E-state index contributed by atoms with van der Waals surface area (Å²) >= 11 is 7.48. The van der Waals surface area contributed by atoms with E-state index < -0.39 is 0 Å². The van der Waals surface area contributed by atoms with Crippen LogP contribution in [0, 0.1) is 0 Å². The van der Waals surface area contributed by atoms with Gasteiger partial charge in [0.15, 0.2) is 11.5 Å². The highest BCUT2D eigenvalue weighted by Gasteiger charge is 2.14. The Kier molecular flexibility index (Phi) is 6.36. The molecule has 7 nitrogen and oxygen atoms in total. The molecule has 2 N–H and O–H groups in total. The van der Waals surface area contributed by atoms with Crippen molar-refractivity contribution in [3.63, 3.8) is 0 Å². The van der Waals surface area contributed by atoms with Crippen LogP contribution in [0.25, 0.3) is 10.6 Å². The normalized spacial score (nSPS) is 10.3. The summed E-state index contributed by atoms with van der Waals surface area (Å²) in [5.74, 6) is 0.607. The number of carbonyl (C=O) groups is 2. The van der Waals surface area contributed by atoms with Gasteiger partial charge in [-0.1, -0.05) is 11.6 Å². The van der Waals surface area contributed by atoms with Crippen molar-refractivity contribution in [1.29, 1.82) is 0 Å². The van der Waals surface area contributed by atoms with Gasteiger partial charge in [-0.2, -0.15) is 0 Å². The van der Waals surface area contributed by atoms with Gasteiger partial charge in [0.2, 0.25) is 5.91 Å². The predicted octanol–water partition coefficient (Wildman–Crippen LogP) is 4.69. The predicted molar refractivity (Wildman–Crippen MR) is 114 cm³/mol. The summed E-state index contributed by atoms with van der Waals surface area (Å²) < 4.78 is 10.5. The summed E-state index contributed by atoms with van der Waals surface area (Å²) in [5.41, 5.74) is 2.06. The molecule has 0 atom stereocenters. The fourth-order valence-electron chi connectivity index (χ4n) is 2.56. The second-order valence-corrected chi connectivity index (χ2v) is 7.20. The molecule has 3 aromatic rings. The topological polar surface area (TPSA) is 89.5 Å². The maximum absolute atomic E-state index is 12.5. The molecule has 29 heavy (non-hydrogen) atoms. The van der Waals surface area contributed by atoms with Crippen LogP contribution in [0.1, 0.15) is 17.4 Å². The van der Waals surface area contributed by atoms with Crippen molar-refractivity contribution in [2.24, 2.45) is 0 Å². The standard InChI is InChI=1S/C20H18ClN3O4S/c1-11(25)22-15-6-5-13(9-14(15)21)23-19(26)16-10-29-20(24-16)12-4-7-17(27-2)18(8-12)28-3/h4-10H,1-3H3,(H,22,25)(H,23,26). The van der Waals surface area contributed by atoms with E-state index in [-0.39, 0.29) is 17.5 Å². The zero-order valence-electron chi connectivity index (χ0n) is 15.9. The molecule has 2 amide bonds. The molecule has 150 valence electrons. The minimum absolute atomic E-state index is 0.228. The number of anilines is 2. The molecule has 0 radical (unpaired) electrons. The summed E-state index contributed by atoms with van der Waals surface area (Å²) in [5, 5.41) is 8.03. The second kappa shape index (κ2) is 8.93. The van der Waals surface area contributed by atoms with E-state index in [1.54, 1.807) is 49.9 Å². The SMILES string of the molecule is COc1ccc(-c2nc(C(=O)Nc3ccc(NC(C)=O)c(Cl)c3)cs2)cc1OC. The maximum Gasteiger partial charge on any atom is 0.275 e. The van der Waals surface area contributed by atoms with E-state index in [1.165, 1.54) is 18.3 Å². The molecule has 1 aromatic heterocycles. The summed E-state index contributed by atoms with van der Waals surface area (Å²) in [6, 6.07) is 10.3. The Balaban J connectivity index is 1.76. The Morgan fingerprint density at radius 1 is 1.03 bits per heavy atom. The molecule has 0 unspecified atom stereocenters. The highest BCUT2D eigenvalue weighted by molar-refractivity contribution is 7.13. The summed E-state index contributed by atoms with van der Waals surface area (Å²) in [4.78, 5) is 28.1. The quantitative estimate of drug-likeness (QED) is 0.590. The molecule has 0 aliphatic rings. The van der Waals surface area contributed by atoms with Crippen LogP contribution in [-0.4, -0.2) is 31.0 Å². The largest absolute Gasteiger partial charge is 0.493 e. The number of amides is 2. The monoisotopic (exact) mass is 431 g/mol. The molecule has 0 aliphatic heterocycles. The van der Waals surface area contributed by atoms with Crippen LogP contribution in [0.2, 0.25) is 5.02 Å². The molecule has 0 spiro atoms. The molecule has 2 aromatic carbocycles. The van der Waals surface area contributed by atoms with Crippen molar-refractivity contribution < 1.29 is 19.1 Å². The number of methoxy groups -OCH3 is 2. The van der Waals surface area contributed by atoms with Crippen molar-refractivity contribution in [3.8, 4) is 22.1 Å². The van der Waals surface area contributed by atoms with Crippen LogP contribution in [0.5, 0.6) is 11.5 Å². The molecule has 0 aliphatic carbocycles.